The lowest BCUT2D eigenvalue weighted by Gasteiger charge is -2.00. The zero-order valence-electron chi connectivity index (χ0n) is 10.5. The molecular formula is C12H8N4O4S. The first-order valence-electron chi connectivity index (χ1n) is 5.85. The van der Waals surface area contributed by atoms with E-state index in [0.717, 1.165) is 23.2 Å². The molecule has 0 fully saturated rings. The highest BCUT2D eigenvalue weighted by atomic mass is 32.1. The van der Waals surface area contributed by atoms with Crippen LogP contribution in [0.3, 0.4) is 0 Å². The van der Waals surface area contributed by atoms with Crippen molar-refractivity contribution in [3.63, 3.8) is 0 Å². The quantitative estimate of drug-likeness (QED) is 0.538. The van der Waals surface area contributed by atoms with E-state index in [1.54, 1.807) is 0 Å². The van der Waals surface area contributed by atoms with Crippen LogP contribution in [0.5, 0.6) is 0 Å². The van der Waals surface area contributed by atoms with Crippen molar-refractivity contribution in [1.29, 1.82) is 0 Å². The highest BCUT2D eigenvalue weighted by molar-refractivity contribution is 7.13. The van der Waals surface area contributed by atoms with E-state index < -0.39 is 4.92 Å². The van der Waals surface area contributed by atoms with Crippen molar-refractivity contribution < 1.29 is 9.45 Å². The molecule has 0 amide bonds. The van der Waals surface area contributed by atoms with Gasteiger partial charge in [0.15, 0.2) is 5.82 Å². The van der Waals surface area contributed by atoms with Crippen LogP contribution in [-0.2, 0) is 6.54 Å². The minimum Gasteiger partial charge on any atom is -0.333 e. The maximum Gasteiger partial charge on any atom is 0.285 e. The van der Waals surface area contributed by atoms with E-state index in [0.29, 0.717) is 5.89 Å². The van der Waals surface area contributed by atoms with Crippen LogP contribution in [0, 0.1) is 10.1 Å². The highest BCUT2D eigenvalue weighted by Gasteiger charge is 2.13. The minimum absolute atomic E-state index is 0.00931. The Bertz CT molecular complexity index is 837. The average Bonchev–Trinajstić information content (AvgIpc) is 3.11. The molecule has 21 heavy (non-hydrogen) atoms. The monoisotopic (exact) mass is 304 g/mol. The van der Waals surface area contributed by atoms with Gasteiger partial charge in [0.1, 0.15) is 0 Å². The Hall–Kier alpha value is -2.81. The molecule has 3 aromatic heterocycles. The molecule has 3 aromatic rings. The fraction of sp³-hybridized carbons (Fsp3) is 0.0833. The fourth-order valence-corrected chi connectivity index (χ4v) is 2.37. The van der Waals surface area contributed by atoms with Crippen molar-refractivity contribution in [2.75, 3.05) is 0 Å². The zero-order valence-corrected chi connectivity index (χ0v) is 11.3. The third-order valence-corrected chi connectivity index (χ3v) is 3.55. The molecule has 3 heterocycles. The molecule has 0 radical (unpaired) electrons. The molecule has 8 nitrogen and oxygen atoms in total. The molecule has 0 aliphatic rings. The summed E-state index contributed by atoms with van der Waals surface area (Å²) in [5, 5.41) is 16.4. The summed E-state index contributed by atoms with van der Waals surface area (Å²) >= 11 is 1.45. The van der Waals surface area contributed by atoms with E-state index in [9.17, 15) is 14.9 Å². The summed E-state index contributed by atoms with van der Waals surface area (Å²) in [7, 11) is 0. The summed E-state index contributed by atoms with van der Waals surface area (Å²) in [6, 6.07) is 5.99. The molecule has 0 aliphatic carbocycles. The van der Waals surface area contributed by atoms with Gasteiger partial charge in [-0.2, -0.15) is 4.98 Å². The standard InChI is InChI=1S/C12H8N4O4S/c17-11-4-3-8(16(18)19)6-15(11)7-10-13-12(20-14-10)9-2-1-5-21-9/h1-6H,7H2. The molecule has 0 bridgehead atoms. The van der Waals surface area contributed by atoms with Gasteiger partial charge in [-0.15, -0.1) is 11.3 Å². The highest BCUT2D eigenvalue weighted by Crippen LogP contribution is 2.22. The van der Waals surface area contributed by atoms with Gasteiger partial charge in [-0.1, -0.05) is 11.2 Å². The lowest BCUT2D eigenvalue weighted by molar-refractivity contribution is -0.385. The first-order chi connectivity index (χ1) is 10.1. The largest absolute Gasteiger partial charge is 0.333 e. The second-order valence-electron chi connectivity index (χ2n) is 4.10. The smallest absolute Gasteiger partial charge is 0.285 e. The minimum atomic E-state index is -0.566. The number of hydrogen-bond acceptors (Lipinski definition) is 7. The number of thiophene rings is 1. The van der Waals surface area contributed by atoms with Crippen LogP contribution in [0.15, 0.2) is 45.2 Å². The molecule has 0 aromatic carbocycles. The SMILES string of the molecule is O=c1ccc([N+](=O)[O-])cn1Cc1noc(-c2cccs2)n1. The zero-order chi connectivity index (χ0) is 14.8. The summed E-state index contributed by atoms with van der Waals surface area (Å²) < 4.78 is 6.27. The fourth-order valence-electron chi connectivity index (χ4n) is 1.72. The maximum atomic E-state index is 11.7. The summed E-state index contributed by atoms with van der Waals surface area (Å²) in [6.07, 6.45) is 1.16. The third kappa shape index (κ3) is 2.72. The van der Waals surface area contributed by atoms with Crippen LogP contribution in [0.4, 0.5) is 5.69 Å². The van der Waals surface area contributed by atoms with Crippen molar-refractivity contribution in [1.82, 2.24) is 14.7 Å². The van der Waals surface area contributed by atoms with Gasteiger partial charge in [-0.25, -0.2) is 0 Å². The summed E-state index contributed by atoms with van der Waals surface area (Å²) in [4.78, 5) is 26.8. The van der Waals surface area contributed by atoms with Gasteiger partial charge in [-0.05, 0) is 11.4 Å². The van der Waals surface area contributed by atoms with Gasteiger partial charge in [-0.3, -0.25) is 14.9 Å². The first-order valence-corrected chi connectivity index (χ1v) is 6.73. The van der Waals surface area contributed by atoms with E-state index in [4.69, 9.17) is 4.52 Å². The van der Waals surface area contributed by atoms with Gasteiger partial charge in [0.2, 0.25) is 0 Å². The van der Waals surface area contributed by atoms with E-state index >= 15 is 0 Å². The van der Waals surface area contributed by atoms with E-state index in [2.05, 4.69) is 10.1 Å². The van der Waals surface area contributed by atoms with Crippen LogP contribution in [0.1, 0.15) is 5.82 Å². The van der Waals surface area contributed by atoms with Crippen LogP contribution >= 0.6 is 11.3 Å². The molecule has 9 heteroatoms. The van der Waals surface area contributed by atoms with E-state index in [-0.39, 0.29) is 23.6 Å². The van der Waals surface area contributed by atoms with Crippen molar-refractivity contribution in [3.05, 3.63) is 62.1 Å². The summed E-state index contributed by atoms with van der Waals surface area (Å²) in [6.45, 7) is 0.00931. The summed E-state index contributed by atoms with van der Waals surface area (Å²) in [5.74, 6) is 0.638. The number of aromatic nitrogens is 3. The third-order valence-electron chi connectivity index (χ3n) is 2.69. The van der Waals surface area contributed by atoms with Crippen LogP contribution < -0.4 is 5.56 Å². The van der Waals surface area contributed by atoms with Crippen molar-refractivity contribution in [3.8, 4) is 10.8 Å². The molecule has 0 atom stereocenters. The molecule has 0 aliphatic heterocycles. The molecule has 3 rings (SSSR count). The Kier molecular flexibility index (Phi) is 3.32. The lowest BCUT2D eigenvalue weighted by atomic mass is 10.4. The lowest BCUT2D eigenvalue weighted by Crippen LogP contribution is -2.20. The van der Waals surface area contributed by atoms with Gasteiger partial charge in [0, 0.05) is 12.1 Å². The second-order valence-corrected chi connectivity index (χ2v) is 5.05. The molecule has 0 N–H and O–H groups in total. The predicted molar refractivity (Wildman–Crippen MR) is 74.1 cm³/mol. The molecule has 0 unspecified atom stereocenters. The van der Waals surface area contributed by atoms with Crippen LogP contribution in [-0.4, -0.2) is 19.6 Å². The van der Waals surface area contributed by atoms with Gasteiger partial charge in [0.05, 0.1) is 22.5 Å². The molecule has 0 spiro atoms. The normalized spacial score (nSPS) is 10.7. The van der Waals surface area contributed by atoms with Crippen LogP contribution in [0.2, 0.25) is 0 Å². The van der Waals surface area contributed by atoms with Crippen molar-refractivity contribution in [2.24, 2.45) is 0 Å². The Morgan fingerprint density at radius 2 is 2.24 bits per heavy atom. The molecule has 0 saturated carbocycles. The van der Waals surface area contributed by atoms with Crippen LogP contribution in [0.25, 0.3) is 10.8 Å². The number of pyridine rings is 1. The van der Waals surface area contributed by atoms with Crippen molar-refractivity contribution in [2.45, 2.75) is 6.54 Å². The first kappa shape index (κ1) is 13.2. The average molecular weight is 304 g/mol. The van der Waals surface area contributed by atoms with E-state index in [1.165, 1.54) is 15.9 Å². The Labute approximate surface area is 121 Å². The Balaban J connectivity index is 1.89. The second kappa shape index (κ2) is 5.29. The van der Waals surface area contributed by atoms with Crippen molar-refractivity contribution >= 4 is 17.0 Å². The predicted octanol–water partition coefficient (Wildman–Crippen LogP) is 1.92. The Morgan fingerprint density at radius 3 is 2.95 bits per heavy atom. The van der Waals surface area contributed by atoms with E-state index in [1.807, 2.05) is 17.5 Å². The molecule has 0 saturated heterocycles. The summed E-state index contributed by atoms with van der Waals surface area (Å²) in [5.41, 5.74) is -0.542. The number of nitro groups is 1. The maximum absolute atomic E-state index is 11.7. The van der Waals surface area contributed by atoms with Gasteiger partial charge in [0.25, 0.3) is 17.1 Å². The molecule has 106 valence electrons. The number of nitrogens with zero attached hydrogens (tertiary/aromatic N) is 4. The Morgan fingerprint density at radius 1 is 1.38 bits per heavy atom. The van der Waals surface area contributed by atoms with Gasteiger partial charge >= 0.3 is 0 Å². The topological polar surface area (TPSA) is 104 Å². The van der Waals surface area contributed by atoms with Gasteiger partial charge < -0.3 is 9.09 Å². The molecular weight excluding hydrogens is 296 g/mol. The number of hydrogen-bond donors (Lipinski definition) is 0. The number of rotatable bonds is 4.